The highest BCUT2D eigenvalue weighted by Gasteiger charge is 2.35. The van der Waals surface area contributed by atoms with Crippen molar-refractivity contribution in [2.45, 2.75) is 38.4 Å². The van der Waals surface area contributed by atoms with E-state index in [0.29, 0.717) is 5.56 Å². The second kappa shape index (κ2) is 5.24. The van der Waals surface area contributed by atoms with Crippen molar-refractivity contribution < 1.29 is 14.3 Å². The molecule has 1 unspecified atom stereocenters. The number of rotatable bonds is 5. The predicted molar refractivity (Wildman–Crippen MR) is 67.1 cm³/mol. The van der Waals surface area contributed by atoms with Crippen LogP contribution in [0.25, 0.3) is 0 Å². The molecule has 0 spiro atoms. The molecule has 0 heterocycles. The van der Waals surface area contributed by atoms with E-state index in [0.717, 1.165) is 12.8 Å². The topological polar surface area (TPSA) is 40.5 Å². The Morgan fingerprint density at radius 1 is 1.61 bits per heavy atom. The summed E-state index contributed by atoms with van der Waals surface area (Å²) in [5.74, 6) is -1.34. The van der Waals surface area contributed by atoms with Crippen molar-refractivity contribution in [2.24, 2.45) is 0 Å². The van der Waals surface area contributed by atoms with Crippen LogP contribution >= 0.6 is 11.6 Å². The zero-order chi connectivity index (χ0) is 13.3. The molecule has 0 radical (unpaired) electrons. The van der Waals surface area contributed by atoms with E-state index in [1.165, 1.54) is 6.07 Å². The van der Waals surface area contributed by atoms with E-state index in [4.69, 9.17) is 16.7 Å². The fourth-order valence-corrected chi connectivity index (χ4v) is 2.19. The molecule has 3 nitrogen and oxygen atoms in total. The summed E-state index contributed by atoms with van der Waals surface area (Å²) in [6.45, 7) is 1.91. The molecule has 0 saturated heterocycles. The average molecular weight is 272 g/mol. The van der Waals surface area contributed by atoms with Crippen LogP contribution in [0.5, 0.6) is 0 Å². The minimum atomic E-state index is -0.885. The SMILES string of the molecule is CC(C(=O)O)N(Cc1cccc(Cl)c1F)C1CC1. The van der Waals surface area contributed by atoms with Gasteiger partial charge >= 0.3 is 5.97 Å². The second-order valence-electron chi connectivity index (χ2n) is 4.63. The molecular weight excluding hydrogens is 257 g/mol. The number of carboxylic acids is 1. The van der Waals surface area contributed by atoms with Crippen LogP contribution in [0.3, 0.4) is 0 Å². The molecule has 1 fully saturated rings. The lowest BCUT2D eigenvalue weighted by molar-refractivity contribution is -0.143. The fraction of sp³-hybridized carbons (Fsp3) is 0.462. The molecule has 18 heavy (non-hydrogen) atoms. The summed E-state index contributed by atoms with van der Waals surface area (Å²) in [7, 11) is 0. The minimum absolute atomic E-state index is 0.0752. The molecule has 1 aromatic rings. The molecule has 2 rings (SSSR count). The first kappa shape index (κ1) is 13.3. The predicted octanol–water partition coefficient (Wildman–Crippen LogP) is 2.92. The van der Waals surface area contributed by atoms with Crippen LogP contribution in [0.1, 0.15) is 25.3 Å². The molecule has 1 aliphatic rings. The van der Waals surface area contributed by atoms with Gasteiger partial charge in [-0.1, -0.05) is 23.7 Å². The fourth-order valence-electron chi connectivity index (χ4n) is 2.00. The lowest BCUT2D eigenvalue weighted by atomic mass is 10.1. The van der Waals surface area contributed by atoms with Gasteiger partial charge in [0, 0.05) is 18.2 Å². The Labute approximate surface area is 110 Å². The molecule has 1 saturated carbocycles. The van der Waals surface area contributed by atoms with Gasteiger partial charge in [-0.2, -0.15) is 0 Å². The summed E-state index contributed by atoms with van der Waals surface area (Å²) in [4.78, 5) is 12.9. The number of hydrogen-bond acceptors (Lipinski definition) is 2. The number of halogens is 2. The number of nitrogens with zero attached hydrogens (tertiary/aromatic N) is 1. The summed E-state index contributed by atoms with van der Waals surface area (Å²) < 4.78 is 13.8. The molecule has 5 heteroatoms. The zero-order valence-electron chi connectivity index (χ0n) is 10.1. The van der Waals surface area contributed by atoms with Crippen LogP contribution < -0.4 is 0 Å². The van der Waals surface area contributed by atoms with E-state index in [-0.39, 0.29) is 17.6 Å². The van der Waals surface area contributed by atoms with E-state index in [9.17, 15) is 9.18 Å². The molecule has 0 bridgehead atoms. The molecule has 98 valence electrons. The largest absolute Gasteiger partial charge is 0.480 e. The third-order valence-electron chi connectivity index (χ3n) is 3.26. The van der Waals surface area contributed by atoms with E-state index >= 15 is 0 Å². The third kappa shape index (κ3) is 2.82. The zero-order valence-corrected chi connectivity index (χ0v) is 10.8. The summed E-state index contributed by atoms with van der Waals surface area (Å²) >= 11 is 5.72. The first-order valence-corrected chi connectivity index (χ1v) is 6.30. The highest BCUT2D eigenvalue weighted by atomic mass is 35.5. The quantitative estimate of drug-likeness (QED) is 0.895. The summed E-state index contributed by atoms with van der Waals surface area (Å²) in [5.41, 5.74) is 0.447. The second-order valence-corrected chi connectivity index (χ2v) is 5.04. The van der Waals surface area contributed by atoms with Crippen LogP contribution in [0.2, 0.25) is 5.02 Å². The summed E-state index contributed by atoms with van der Waals surface area (Å²) in [6, 6.07) is 4.44. The van der Waals surface area contributed by atoms with Gasteiger partial charge in [0.1, 0.15) is 11.9 Å². The van der Waals surface area contributed by atoms with Crippen LogP contribution in [0, 0.1) is 5.82 Å². The monoisotopic (exact) mass is 271 g/mol. The molecule has 1 atom stereocenters. The van der Waals surface area contributed by atoms with Crippen LogP contribution in [-0.4, -0.2) is 28.1 Å². The van der Waals surface area contributed by atoms with Gasteiger partial charge < -0.3 is 5.11 Å². The molecule has 1 N–H and O–H groups in total. The van der Waals surface area contributed by atoms with Crippen LogP contribution in [-0.2, 0) is 11.3 Å². The van der Waals surface area contributed by atoms with Gasteiger partial charge in [0.2, 0.25) is 0 Å². The molecule has 0 aromatic heterocycles. The maximum atomic E-state index is 13.8. The van der Waals surface area contributed by atoms with E-state index in [2.05, 4.69) is 0 Å². The van der Waals surface area contributed by atoms with Gasteiger partial charge in [-0.05, 0) is 25.8 Å². The van der Waals surface area contributed by atoms with Crippen molar-refractivity contribution in [2.75, 3.05) is 0 Å². The van der Waals surface area contributed by atoms with Gasteiger partial charge in [-0.15, -0.1) is 0 Å². The van der Waals surface area contributed by atoms with Gasteiger partial charge in [-0.25, -0.2) is 4.39 Å². The van der Waals surface area contributed by atoms with E-state index < -0.39 is 17.8 Å². The number of carboxylic acid groups (broad SMARTS) is 1. The summed E-state index contributed by atoms with van der Waals surface area (Å²) in [6.07, 6.45) is 1.94. The molecule has 0 amide bonds. The lowest BCUT2D eigenvalue weighted by Gasteiger charge is -2.26. The average Bonchev–Trinajstić information content (AvgIpc) is 3.14. The van der Waals surface area contributed by atoms with E-state index in [1.807, 2.05) is 4.90 Å². The van der Waals surface area contributed by atoms with Crippen LogP contribution in [0.4, 0.5) is 4.39 Å². The minimum Gasteiger partial charge on any atom is -0.480 e. The Morgan fingerprint density at radius 3 is 2.83 bits per heavy atom. The van der Waals surface area contributed by atoms with Crippen LogP contribution in [0.15, 0.2) is 18.2 Å². The molecule has 1 aromatic carbocycles. The Bertz CT molecular complexity index is 462. The highest BCUT2D eigenvalue weighted by Crippen LogP contribution is 2.31. The normalized spacial score (nSPS) is 16.9. The molecule has 1 aliphatic carbocycles. The Balaban J connectivity index is 2.18. The maximum Gasteiger partial charge on any atom is 0.320 e. The number of carbonyl (C=O) groups is 1. The van der Waals surface area contributed by atoms with Crippen molar-refractivity contribution in [1.29, 1.82) is 0 Å². The Hall–Kier alpha value is -1.13. The van der Waals surface area contributed by atoms with E-state index in [1.54, 1.807) is 19.1 Å². The number of aliphatic carboxylic acids is 1. The van der Waals surface area contributed by atoms with Crippen molar-refractivity contribution in [3.05, 3.63) is 34.6 Å². The first-order valence-electron chi connectivity index (χ1n) is 5.92. The Morgan fingerprint density at radius 2 is 2.28 bits per heavy atom. The Kier molecular flexibility index (Phi) is 3.88. The smallest absolute Gasteiger partial charge is 0.320 e. The lowest BCUT2D eigenvalue weighted by Crippen LogP contribution is -2.40. The van der Waals surface area contributed by atoms with Gasteiger partial charge in [0.15, 0.2) is 0 Å². The maximum absolute atomic E-state index is 13.8. The standard InChI is InChI=1S/C13H15ClFNO2/c1-8(13(17)18)16(10-5-6-10)7-9-3-2-4-11(14)12(9)15/h2-4,8,10H,5-7H2,1H3,(H,17,18). The summed E-state index contributed by atoms with van der Waals surface area (Å²) in [5, 5.41) is 9.14. The van der Waals surface area contributed by atoms with Crippen molar-refractivity contribution in [3.63, 3.8) is 0 Å². The molecular formula is C13H15ClFNO2. The number of benzene rings is 1. The van der Waals surface area contributed by atoms with Crippen molar-refractivity contribution in [3.8, 4) is 0 Å². The van der Waals surface area contributed by atoms with Crippen molar-refractivity contribution in [1.82, 2.24) is 4.90 Å². The first-order chi connectivity index (χ1) is 8.50. The van der Waals surface area contributed by atoms with Crippen molar-refractivity contribution >= 4 is 17.6 Å². The highest BCUT2D eigenvalue weighted by molar-refractivity contribution is 6.30. The van der Waals surface area contributed by atoms with Gasteiger partial charge in [0.25, 0.3) is 0 Å². The molecule has 0 aliphatic heterocycles. The third-order valence-corrected chi connectivity index (χ3v) is 3.55. The number of hydrogen-bond donors (Lipinski definition) is 1. The van der Waals surface area contributed by atoms with Gasteiger partial charge in [0.05, 0.1) is 5.02 Å². The van der Waals surface area contributed by atoms with Gasteiger partial charge in [-0.3, -0.25) is 9.69 Å².